The average Bonchev–Trinajstić information content (AvgIpc) is 2.77. The normalized spacial score (nSPS) is 37.5. The predicted octanol–water partition coefficient (Wildman–Crippen LogP) is 4.58. The third-order valence-corrected chi connectivity index (χ3v) is 7.82. The van der Waals surface area contributed by atoms with Crippen molar-refractivity contribution in [2.24, 2.45) is 0 Å². The summed E-state index contributed by atoms with van der Waals surface area (Å²) in [6.45, 7) is 8.14. The summed E-state index contributed by atoms with van der Waals surface area (Å²) in [5.74, 6) is -0.604. The molecule has 7 heteroatoms. The van der Waals surface area contributed by atoms with Crippen molar-refractivity contribution < 1.29 is 18.8 Å². The summed E-state index contributed by atoms with van der Waals surface area (Å²) in [6, 6.07) is 10.0. The lowest BCUT2D eigenvalue weighted by molar-refractivity contribution is -0.156. The van der Waals surface area contributed by atoms with Gasteiger partial charge >= 0.3 is 13.1 Å². The van der Waals surface area contributed by atoms with E-state index in [1.165, 1.54) is 0 Å². The van der Waals surface area contributed by atoms with Crippen LogP contribution in [0.4, 0.5) is 0 Å². The van der Waals surface area contributed by atoms with E-state index < -0.39 is 28.7 Å². The van der Waals surface area contributed by atoms with Crippen LogP contribution in [0.3, 0.4) is 0 Å². The number of benzene rings is 1. The quantitative estimate of drug-likeness (QED) is 0.351. The second kappa shape index (κ2) is 5.93. The van der Waals surface area contributed by atoms with Crippen molar-refractivity contribution in [3.8, 4) is 0 Å². The first-order valence-corrected chi connectivity index (χ1v) is 10.3. The second-order valence-electron chi connectivity index (χ2n) is 8.21. The number of carbonyl (C=O) groups excluding carboxylic acids is 1. The number of hydrogen-bond acceptors (Lipinski definition) is 4. The van der Waals surface area contributed by atoms with Gasteiger partial charge in [0.25, 0.3) is 0 Å². The maximum atomic E-state index is 12.7. The molecule has 0 amide bonds. The summed E-state index contributed by atoms with van der Waals surface area (Å²) < 4.78 is 18.4. The van der Waals surface area contributed by atoms with Gasteiger partial charge in [0.05, 0.1) is 11.2 Å². The highest BCUT2D eigenvalue weighted by Crippen LogP contribution is 2.60. The van der Waals surface area contributed by atoms with Crippen molar-refractivity contribution in [1.29, 1.82) is 0 Å². The largest absolute Gasteiger partial charge is 0.466 e. The van der Waals surface area contributed by atoms with Crippen LogP contribution in [0.15, 0.2) is 40.9 Å². The first-order chi connectivity index (χ1) is 12.1. The van der Waals surface area contributed by atoms with Crippen LogP contribution in [0.1, 0.15) is 39.2 Å². The molecule has 26 heavy (non-hydrogen) atoms. The van der Waals surface area contributed by atoms with Crippen LogP contribution in [-0.2, 0) is 18.8 Å². The van der Waals surface area contributed by atoms with Gasteiger partial charge in [0.2, 0.25) is 0 Å². The van der Waals surface area contributed by atoms with E-state index in [1.807, 2.05) is 64.1 Å². The number of fused-ring (bicyclic) bond motifs is 2. The monoisotopic (exact) mass is 482 g/mol. The van der Waals surface area contributed by atoms with Crippen LogP contribution < -0.4 is 0 Å². The van der Waals surface area contributed by atoms with Gasteiger partial charge in [-0.15, -0.1) is 0 Å². The zero-order valence-electron chi connectivity index (χ0n) is 15.2. The Kier molecular flexibility index (Phi) is 4.27. The Balaban J connectivity index is 1.83. The van der Waals surface area contributed by atoms with Gasteiger partial charge in [0, 0.05) is 16.2 Å². The summed E-state index contributed by atoms with van der Waals surface area (Å²) in [7, 11) is -0.485. The third kappa shape index (κ3) is 2.58. The van der Waals surface area contributed by atoms with Crippen LogP contribution in [0, 0.1) is 0 Å². The first kappa shape index (κ1) is 18.7. The molecule has 2 bridgehead atoms. The van der Waals surface area contributed by atoms with Crippen molar-refractivity contribution in [1.82, 2.24) is 0 Å². The summed E-state index contributed by atoms with van der Waals surface area (Å²) in [4.78, 5) is 12.7. The minimum Gasteiger partial charge on any atom is -0.456 e. The second-order valence-corrected chi connectivity index (χ2v) is 10.4. The molecule has 3 aliphatic heterocycles. The van der Waals surface area contributed by atoms with E-state index in [4.69, 9.17) is 14.0 Å². The van der Waals surface area contributed by atoms with E-state index in [-0.39, 0.29) is 17.7 Å². The number of alkyl halides is 1. The number of hydrogen-bond donors (Lipinski definition) is 0. The van der Waals surface area contributed by atoms with E-state index in [0.717, 1.165) is 10.0 Å². The number of rotatable bonds is 2. The van der Waals surface area contributed by atoms with Gasteiger partial charge < -0.3 is 14.0 Å². The molecule has 2 fully saturated rings. The van der Waals surface area contributed by atoms with E-state index in [0.29, 0.717) is 0 Å². The lowest BCUT2D eigenvalue weighted by Gasteiger charge is -2.50. The molecule has 138 valence electrons. The van der Waals surface area contributed by atoms with Gasteiger partial charge in [-0.3, -0.25) is 4.79 Å². The fourth-order valence-electron chi connectivity index (χ4n) is 4.01. The Hall–Kier alpha value is -0.625. The molecule has 0 radical (unpaired) electrons. The molecule has 1 aromatic carbocycles. The Bertz CT molecular complexity index is 763. The van der Waals surface area contributed by atoms with E-state index in [1.54, 1.807) is 0 Å². The zero-order valence-corrected chi connectivity index (χ0v) is 18.3. The van der Waals surface area contributed by atoms with E-state index >= 15 is 0 Å². The highest BCUT2D eigenvalue weighted by Gasteiger charge is 2.66. The molecule has 1 aliphatic carbocycles. The van der Waals surface area contributed by atoms with Crippen molar-refractivity contribution in [3.63, 3.8) is 0 Å². The fourth-order valence-corrected chi connectivity index (χ4v) is 5.99. The number of esters is 1. The molecule has 0 saturated carbocycles. The molecular weight excluding hydrogens is 463 g/mol. The maximum absolute atomic E-state index is 12.7. The van der Waals surface area contributed by atoms with Gasteiger partial charge in [0.15, 0.2) is 0 Å². The smallest absolute Gasteiger partial charge is 0.456 e. The molecule has 4 nitrogen and oxygen atoms in total. The highest BCUT2D eigenvalue weighted by atomic mass is 79.9. The van der Waals surface area contributed by atoms with Crippen LogP contribution in [0.2, 0.25) is 5.82 Å². The van der Waals surface area contributed by atoms with Crippen molar-refractivity contribution in [3.05, 3.63) is 46.5 Å². The Morgan fingerprint density at radius 1 is 1.04 bits per heavy atom. The molecule has 4 atom stereocenters. The summed E-state index contributed by atoms with van der Waals surface area (Å²) >= 11 is 7.29. The molecule has 0 aromatic heterocycles. The molecule has 2 saturated heterocycles. The lowest BCUT2D eigenvalue weighted by Crippen LogP contribution is -2.58. The molecular formula is C19H21BBr2O4. The van der Waals surface area contributed by atoms with Gasteiger partial charge in [-0.2, -0.15) is 0 Å². The summed E-state index contributed by atoms with van der Waals surface area (Å²) in [5.41, 5.74) is 0.159. The Morgan fingerprint density at radius 3 is 2.19 bits per heavy atom. The molecule has 0 N–H and O–H groups in total. The number of halogens is 2. The van der Waals surface area contributed by atoms with Crippen molar-refractivity contribution in [2.45, 2.75) is 61.1 Å². The predicted molar refractivity (Wildman–Crippen MR) is 108 cm³/mol. The summed E-state index contributed by atoms with van der Waals surface area (Å²) in [6.07, 6.45) is 1.49. The standard InChI is InChI=1S/C19H21BBr2O4/c1-17(2)18(3,4)26-20(25-17)14-13(11-8-6-5-7-9-11)19(22)10-12(21)15(14)24-16(19)23/h5-10,13-15H,1-4H3/t13-,14+,15+,19+/m0/s1. The third-order valence-electron chi connectivity index (χ3n) is 6.10. The van der Waals surface area contributed by atoms with Crippen molar-refractivity contribution >= 4 is 44.9 Å². The highest BCUT2D eigenvalue weighted by molar-refractivity contribution is 9.12. The first-order valence-electron chi connectivity index (χ1n) is 8.76. The molecule has 1 aromatic rings. The molecule has 0 spiro atoms. The van der Waals surface area contributed by atoms with Gasteiger partial charge in [-0.1, -0.05) is 62.2 Å². The molecule has 5 rings (SSSR count). The molecule has 0 unspecified atom stereocenters. The molecule has 4 aliphatic rings. The lowest BCUT2D eigenvalue weighted by atomic mass is 9.54. The van der Waals surface area contributed by atoms with E-state index in [9.17, 15) is 4.79 Å². The minimum absolute atomic E-state index is 0.161. The van der Waals surface area contributed by atoms with Gasteiger partial charge in [0.1, 0.15) is 10.4 Å². The van der Waals surface area contributed by atoms with Crippen LogP contribution in [0.25, 0.3) is 0 Å². The van der Waals surface area contributed by atoms with E-state index in [2.05, 4.69) is 31.9 Å². The minimum atomic E-state index is -0.948. The van der Waals surface area contributed by atoms with Crippen LogP contribution in [0.5, 0.6) is 0 Å². The van der Waals surface area contributed by atoms with Gasteiger partial charge in [-0.25, -0.2) is 0 Å². The number of carbonyl (C=O) groups is 1. The Labute approximate surface area is 171 Å². The van der Waals surface area contributed by atoms with Crippen molar-refractivity contribution in [2.75, 3.05) is 0 Å². The van der Waals surface area contributed by atoms with Crippen LogP contribution >= 0.6 is 31.9 Å². The zero-order chi connectivity index (χ0) is 18.9. The molecule has 3 heterocycles. The average molecular weight is 484 g/mol. The topological polar surface area (TPSA) is 44.8 Å². The van der Waals surface area contributed by atoms with Crippen LogP contribution in [-0.4, -0.2) is 34.7 Å². The Morgan fingerprint density at radius 2 is 1.62 bits per heavy atom. The number of ether oxygens (including phenoxy) is 1. The SMILES string of the molecule is CC1(C)OB([C@H]2[C@@H]3OC(=O)[C@@](Br)(C=C3Br)[C@H]2c2ccccc2)OC1(C)C. The maximum Gasteiger partial charge on any atom is 0.466 e. The van der Waals surface area contributed by atoms with Gasteiger partial charge in [-0.05, 0) is 39.3 Å². The fraction of sp³-hybridized carbons (Fsp3) is 0.526. The summed E-state index contributed by atoms with van der Waals surface area (Å²) in [5, 5.41) is 0.